The number of aromatic nitrogens is 1. The van der Waals surface area contributed by atoms with Crippen LogP contribution < -0.4 is 11.1 Å². The second-order valence-electron chi connectivity index (χ2n) is 2.73. The van der Waals surface area contributed by atoms with Crippen LogP contribution in [-0.4, -0.2) is 4.98 Å². The number of thiophene rings is 1. The monoisotopic (exact) mass is 209 g/mol. The summed E-state index contributed by atoms with van der Waals surface area (Å²) >= 11 is 1.56. The number of pyridine rings is 1. The standard InChI is InChI=1S/C9H8FN3S/c10-6-3-8(11)9(12-4-6)13-7-1-2-14-5-7/h1-5H,11H2,(H,12,13). The summed E-state index contributed by atoms with van der Waals surface area (Å²) in [5.41, 5.74) is 6.78. The van der Waals surface area contributed by atoms with Crippen LogP contribution in [0.2, 0.25) is 0 Å². The van der Waals surface area contributed by atoms with Crippen molar-refractivity contribution in [3.63, 3.8) is 0 Å². The Morgan fingerprint density at radius 1 is 1.50 bits per heavy atom. The second-order valence-corrected chi connectivity index (χ2v) is 3.51. The number of nitrogens with two attached hydrogens (primary N) is 1. The molecule has 0 bridgehead atoms. The van der Waals surface area contributed by atoms with Crippen LogP contribution in [-0.2, 0) is 0 Å². The van der Waals surface area contributed by atoms with Crippen molar-refractivity contribution in [3.8, 4) is 0 Å². The van der Waals surface area contributed by atoms with Crippen molar-refractivity contribution in [1.29, 1.82) is 0 Å². The molecule has 5 heteroatoms. The van der Waals surface area contributed by atoms with Gasteiger partial charge in [-0.2, -0.15) is 11.3 Å². The van der Waals surface area contributed by atoms with Crippen LogP contribution >= 0.6 is 11.3 Å². The van der Waals surface area contributed by atoms with E-state index in [-0.39, 0.29) is 0 Å². The van der Waals surface area contributed by atoms with Gasteiger partial charge in [0.1, 0.15) is 5.82 Å². The summed E-state index contributed by atoms with van der Waals surface area (Å²) < 4.78 is 12.7. The van der Waals surface area contributed by atoms with Gasteiger partial charge in [0.2, 0.25) is 0 Å². The molecule has 2 aromatic heterocycles. The van der Waals surface area contributed by atoms with E-state index in [1.807, 2.05) is 16.8 Å². The Balaban J connectivity index is 2.25. The maximum atomic E-state index is 12.7. The maximum absolute atomic E-state index is 12.7. The van der Waals surface area contributed by atoms with Crippen LogP contribution in [0.15, 0.2) is 29.1 Å². The lowest BCUT2D eigenvalue weighted by Crippen LogP contribution is -1.98. The van der Waals surface area contributed by atoms with Crippen molar-refractivity contribution in [1.82, 2.24) is 4.98 Å². The fourth-order valence-corrected chi connectivity index (χ4v) is 1.62. The first-order valence-corrected chi connectivity index (χ1v) is 4.90. The Kier molecular flexibility index (Phi) is 2.32. The van der Waals surface area contributed by atoms with Crippen molar-refractivity contribution in [2.75, 3.05) is 11.1 Å². The van der Waals surface area contributed by atoms with E-state index >= 15 is 0 Å². The third-order valence-corrected chi connectivity index (χ3v) is 2.35. The van der Waals surface area contributed by atoms with Crippen molar-refractivity contribution < 1.29 is 4.39 Å². The molecule has 0 spiro atoms. The van der Waals surface area contributed by atoms with Crippen molar-refractivity contribution in [2.24, 2.45) is 0 Å². The summed E-state index contributed by atoms with van der Waals surface area (Å²) in [4.78, 5) is 3.85. The summed E-state index contributed by atoms with van der Waals surface area (Å²) in [6.45, 7) is 0. The van der Waals surface area contributed by atoms with Crippen LogP contribution in [0, 0.1) is 5.82 Å². The minimum absolute atomic E-state index is 0.302. The first-order valence-electron chi connectivity index (χ1n) is 3.96. The van der Waals surface area contributed by atoms with Gasteiger partial charge in [0.15, 0.2) is 5.82 Å². The summed E-state index contributed by atoms with van der Waals surface area (Å²) in [6.07, 6.45) is 1.13. The van der Waals surface area contributed by atoms with Gasteiger partial charge in [0, 0.05) is 11.4 Å². The zero-order chi connectivity index (χ0) is 9.97. The highest BCUT2D eigenvalue weighted by Gasteiger charge is 2.02. The fourth-order valence-electron chi connectivity index (χ4n) is 1.03. The predicted octanol–water partition coefficient (Wildman–Crippen LogP) is 2.61. The number of hydrogen-bond acceptors (Lipinski definition) is 4. The molecule has 2 aromatic rings. The number of halogens is 1. The molecule has 2 rings (SSSR count). The first-order chi connectivity index (χ1) is 6.75. The summed E-state index contributed by atoms with van der Waals surface area (Å²) in [7, 11) is 0. The van der Waals surface area contributed by atoms with E-state index < -0.39 is 5.82 Å². The Hall–Kier alpha value is -1.62. The minimum Gasteiger partial charge on any atom is -0.396 e. The molecule has 0 aliphatic heterocycles. The van der Waals surface area contributed by atoms with E-state index in [1.165, 1.54) is 6.07 Å². The summed E-state index contributed by atoms with van der Waals surface area (Å²) in [6, 6.07) is 3.14. The highest BCUT2D eigenvalue weighted by molar-refractivity contribution is 7.08. The predicted molar refractivity (Wildman–Crippen MR) is 56.2 cm³/mol. The lowest BCUT2D eigenvalue weighted by atomic mass is 10.3. The highest BCUT2D eigenvalue weighted by atomic mass is 32.1. The van der Waals surface area contributed by atoms with Crippen LogP contribution in [0.1, 0.15) is 0 Å². The average molecular weight is 209 g/mol. The maximum Gasteiger partial charge on any atom is 0.153 e. The Morgan fingerprint density at radius 2 is 2.36 bits per heavy atom. The van der Waals surface area contributed by atoms with Crippen molar-refractivity contribution in [3.05, 3.63) is 34.9 Å². The molecule has 0 fully saturated rings. The molecule has 0 aromatic carbocycles. The van der Waals surface area contributed by atoms with Gasteiger partial charge < -0.3 is 11.1 Å². The molecule has 0 radical (unpaired) electrons. The average Bonchev–Trinajstić information content (AvgIpc) is 2.62. The number of rotatable bonds is 2. The third-order valence-electron chi connectivity index (χ3n) is 1.67. The Labute approximate surface area is 84.4 Å². The Bertz CT molecular complexity index is 428. The smallest absolute Gasteiger partial charge is 0.153 e. The van der Waals surface area contributed by atoms with Crippen LogP contribution in [0.25, 0.3) is 0 Å². The first kappa shape index (κ1) is 8.96. The van der Waals surface area contributed by atoms with E-state index in [4.69, 9.17) is 5.73 Å². The molecule has 0 saturated heterocycles. The molecule has 0 atom stereocenters. The van der Waals surface area contributed by atoms with E-state index in [0.717, 1.165) is 11.9 Å². The Morgan fingerprint density at radius 3 is 3.00 bits per heavy atom. The highest BCUT2D eigenvalue weighted by Crippen LogP contribution is 2.22. The van der Waals surface area contributed by atoms with Gasteiger partial charge in [-0.15, -0.1) is 0 Å². The van der Waals surface area contributed by atoms with E-state index in [0.29, 0.717) is 11.5 Å². The minimum atomic E-state index is -0.432. The lowest BCUT2D eigenvalue weighted by Gasteiger charge is -2.05. The molecule has 0 aliphatic carbocycles. The van der Waals surface area contributed by atoms with Gasteiger partial charge in [-0.3, -0.25) is 0 Å². The molecule has 3 nitrogen and oxygen atoms in total. The van der Waals surface area contributed by atoms with Crippen LogP contribution in [0.3, 0.4) is 0 Å². The summed E-state index contributed by atoms with van der Waals surface area (Å²) in [5, 5.41) is 6.84. The molecule has 0 aliphatic rings. The van der Waals surface area contributed by atoms with Crippen LogP contribution in [0.5, 0.6) is 0 Å². The fraction of sp³-hybridized carbons (Fsp3) is 0. The largest absolute Gasteiger partial charge is 0.396 e. The number of nitrogen functional groups attached to an aromatic ring is 1. The number of anilines is 3. The molecule has 14 heavy (non-hydrogen) atoms. The van der Waals surface area contributed by atoms with Crippen molar-refractivity contribution in [2.45, 2.75) is 0 Å². The van der Waals surface area contributed by atoms with E-state index in [9.17, 15) is 4.39 Å². The topological polar surface area (TPSA) is 50.9 Å². The normalized spacial score (nSPS) is 10.1. The van der Waals surface area contributed by atoms with Gasteiger partial charge in [0.25, 0.3) is 0 Å². The second kappa shape index (κ2) is 3.63. The van der Waals surface area contributed by atoms with Gasteiger partial charge in [0.05, 0.1) is 17.6 Å². The SMILES string of the molecule is Nc1cc(F)cnc1Nc1ccsc1. The zero-order valence-electron chi connectivity index (χ0n) is 7.20. The molecular formula is C9H8FN3S. The quantitative estimate of drug-likeness (QED) is 0.799. The summed E-state index contributed by atoms with van der Waals surface area (Å²) in [5.74, 6) is 0.0446. The number of hydrogen-bond donors (Lipinski definition) is 2. The van der Waals surface area contributed by atoms with Crippen molar-refractivity contribution >= 4 is 28.5 Å². The van der Waals surface area contributed by atoms with E-state index in [2.05, 4.69) is 10.3 Å². The van der Waals surface area contributed by atoms with Gasteiger partial charge in [-0.25, -0.2) is 9.37 Å². The van der Waals surface area contributed by atoms with E-state index in [1.54, 1.807) is 11.3 Å². The molecule has 0 saturated carbocycles. The third kappa shape index (κ3) is 1.82. The molecule has 3 N–H and O–H groups in total. The lowest BCUT2D eigenvalue weighted by molar-refractivity contribution is 0.622. The molecule has 72 valence electrons. The van der Waals surface area contributed by atoms with Gasteiger partial charge in [-0.05, 0) is 11.4 Å². The molecule has 0 unspecified atom stereocenters. The number of nitrogens with one attached hydrogen (secondary N) is 1. The van der Waals surface area contributed by atoms with Gasteiger partial charge >= 0.3 is 0 Å². The number of nitrogens with zero attached hydrogens (tertiary/aromatic N) is 1. The molecule has 2 heterocycles. The van der Waals surface area contributed by atoms with Crippen LogP contribution in [0.4, 0.5) is 21.6 Å². The zero-order valence-corrected chi connectivity index (χ0v) is 8.01. The molecule has 0 amide bonds. The van der Waals surface area contributed by atoms with Gasteiger partial charge in [-0.1, -0.05) is 0 Å². The molecular weight excluding hydrogens is 201 g/mol.